The Morgan fingerprint density at radius 2 is 2.12 bits per heavy atom. The van der Waals surface area contributed by atoms with Crippen LogP contribution in [0.15, 0.2) is 41.2 Å². The average Bonchev–Trinajstić information content (AvgIpc) is 3.34. The first-order chi connectivity index (χ1) is 12.1. The summed E-state index contributed by atoms with van der Waals surface area (Å²) in [7, 11) is 0. The summed E-state index contributed by atoms with van der Waals surface area (Å²) in [4.78, 5) is 11.7. The molecule has 4 aromatic heterocycles. The van der Waals surface area contributed by atoms with E-state index in [1.165, 1.54) is 0 Å². The van der Waals surface area contributed by atoms with E-state index in [4.69, 9.17) is 9.78 Å². The van der Waals surface area contributed by atoms with Crippen LogP contribution < -0.4 is 0 Å². The molecule has 0 fully saturated rings. The Bertz CT molecular complexity index is 1080. The maximum atomic E-state index is 8.87. The van der Waals surface area contributed by atoms with Crippen LogP contribution in [0.25, 0.3) is 28.8 Å². The first-order valence-electron chi connectivity index (χ1n) is 7.57. The van der Waals surface area contributed by atoms with Crippen molar-refractivity contribution < 1.29 is 4.52 Å². The number of nitriles is 1. The van der Waals surface area contributed by atoms with Crippen LogP contribution in [0.3, 0.4) is 0 Å². The highest BCUT2D eigenvalue weighted by atomic mass is 16.5. The number of aromatic nitrogens is 6. The molecule has 4 heterocycles. The van der Waals surface area contributed by atoms with Gasteiger partial charge in [0.2, 0.25) is 5.82 Å². The van der Waals surface area contributed by atoms with E-state index in [2.05, 4.69) is 25.2 Å². The van der Waals surface area contributed by atoms with E-state index in [-0.39, 0.29) is 0 Å². The lowest BCUT2D eigenvalue weighted by molar-refractivity contribution is 0.431. The Hall–Kier alpha value is -3.73. The third-order valence-corrected chi connectivity index (χ3v) is 3.70. The summed E-state index contributed by atoms with van der Waals surface area (Å²) in [5.41, 5.74) is 3.79. The molecule has 0 unspecified atom stereocenters. The maximum absolute atomic E-state index is 8.87. The number of aryl methyl sites for hydroxylation is 2. The molecular weight excluding hydrogens is 318 g/mol. The molecule has 0 amide bonds. The molecule has 0 bridgehead atoms. The second-order valence-corrected chi connectivity index (χ2v) is 5.58. The molecular formula is C17H13N7O. The van der Waals surface area contributed by atoms with Gasteiger partial charge < -0.3 is 9.51 Å². The lowest BCUT2D eigenvalue weighted by Gasteiger charge is -2.03. The van der Waals surface area contributed by atoms with E-state index in [1.807, 2.05) is 38.1 Å². The molecule has 0 aliphatic rings. The largest absolute Gasteiger partial charge is 0.356 e. The summed E-state index contributed by atoms with van der Waals surface area (Å²) in [5, 5.41) is 17.3. The number of H-pyrrole nitrogens is 1. The topological polar surface area (TPSA) is 109 Å². The number of pyridine rings is 1. The van der Waals surface area contributed by atoms with Gasteiger partial charge in [-0.3, -0.25) is 0 Å². The minimum Gasteiger partial charge on any atom is -0.356 e. The minimum atomic E-state index is 0.319. The zero-order valence-corrected chi connectivity index (χ0v) is 13.6. The van der Waals surface area contributed by atoms with Crippen molar-refractivity contribution in [2.45, 2.75) is 13.8 Å². The maximum Gasteiger partial charge on any atom is 0.274 e. The lowest BCUT2D eigenvalue weighted by Crippen LogP contribution is -2.01. The third-order valence-electron chi connectivity index (χ3n) is 3.70. The molecule has 0 radical (unpaired) electrons. The first-order valence-corrected chi connectivity index (χ1v) is 7.57. The highest BCUT2D eigenvalue weighted by Gasteiger charge is 2.13. The molecule has 0 aliphatic carbocycles. The van der Waals surface area contributed by atoms with Crippen molar-refractivity contribution in [1.29, 1.82) is 5.26 Å². The van der Waals surface area contributed by atoms with Crippen molar-refractivity contribution in [1.82, 2.24) is 29.9 Å². The fraction of sp³-hybridized carbons (Fsp3) is 0.118. The monoisotopic (exact) mass is 331 g/mol. The summed E-state index contributed by atoms with van der Waals surface area (Å²) < 4.78 is 7.03. The van der Waals surface area contributed by atoms with E-state index in [0.29, 0.717) is 23.0 Å². The van der Waals surface area contributed by atoms with Crippen molar-refractivity contribution in [3.05, 3.63) is 53.6 Å². The summed E-state index contributed by atoms with van der Waals surface area (Å²) in [5.74, 6) is 1.47. The van der Waals surface area contributed by atoms with Crippen LogP contribution in [0, 0.1) is 25.2 Å². The molecule has 122 valence electrons. The smallest absolute Gasteiger partial charge is 0.274 e. The van der Waals surface area contributed by atoms with Gasteiger partial charge in [0, 0.05) is 23.7 Å². The molecule has 1 N–H and O–H groups in total. The van der Waals surface area contributed by atoms with E-state index in [0.717, 1.165) is 22.8 Å². The number of nitrogens with one attached hydrogen (secondary N) is 1. The predicted molar refractivity (Wildman–Crippen MR) is 88.6 cm³/mol. The number of hydrogen-bond donors (Lipinski definition) is 1. The van der Waals surface area contributed by atoms with Gasteiger partial charge in [-0.1, -0.05) is 5.16 Å². The zero-order chi connectivity index (χ0) is 17.4. The molecule has 0 atom stereocenters. The second kappa shape index (κ2) is 5.72. The van der Waals surface area contributed by atoms with Crippen LogP contribution in [0.5, 0.6) is 0 Å². The van der Waals surface area contributed by atoms with Gasteiger partial charge >= 0.3 is 0 Å². The predicted octanol–water partition coefficient (Wildman–Crippen LogP) is 2.80. The molecule has 4 aromatic rings. The molecule has 25 heavy (non-hydrogen) atoms. The number of aromatic amines is 1. The normalized spacial score (nSPS) is 10.8. The van der Waals surface area contributed by atoms with Gasteiger partial charge in [0.1, 0.15) is 11.8 Å². The Balaban J connectivity index is 1.63. The summed E-state index contributed by atoms with van der Waals surface area (Å²) in [6, 6.07) is 9.41. The van der Waals surface area contributed by atoms with Crippen molar-refractivity contribution in [2.75, 3.05) is 0 Å². The molecule has 8 heteroatoms. The Labute approximate surface area is 142 Å². The van der Waals surface area contributed by atoms with Crippen molar-refractivity contribution in [3.8, 4) is 34.9 Å². The van der Waals surface area contributed by atoms with Gasteiger partial charge in [-0.05, 0) is 38.1 Å². The molecule has 0 saturated carbocycles. The van der Waals surface area contributed by atoms with Gasteiger partial charge in [0.25, 0.3) is 5.89 Å². The summed E-state index contributed by atoms with van der Waals surface area (Å²) in [6.07, 6.45) is 3.26. The van der Waals surface area contributed by atoms with Gasteiger partial charge in [0.15, 0.2) is 5.82 Å². The number of rotatable bonds is 3. The van der Waals surface area contributed by atoms with Gasteiger partial charge in [-0.25, -0.2) is 9.67 Å². The van der Waals surface area contributed by atoms with Crippen molar-refractivity contribution >= 4 is 0 Å². The fourth-order valence-electron chi connectivity index (χ4n) is 2.54. The van der Waals surface area contributed by atoms with E-state index in [1.54, 1.807) is 23.1 Å². The first kappa shape index (κ1) is 14.8. The van der Waals surface area contributed by atoms with E-state index in [9.17, 15) is 0 Å². The van der Waals surface area contributed by atoms with Crippen LogP contribution in [0.4, 0.5) is 0 Å². The van der Waals surface area contributed by atoms with Crippen LogP contribution >= 0.6 is 0 Å². The molecule has 0 spiro atoms. The molecule has 8 nitrogen and oxygen atoms in total. The average molecular weight is 331 g/mol. The summed E-state index contributed by atoms with van der Waals surface area (Å²) in [6.45, 7) is 3.92. The Morgan fingerprint density at radius 1 is 1.24 bits per heavy atom. The molecule has 0 saturated heterocycles. The Kier molecular flexibility index (Phi) is 3.40. The van der Waals surface area contributed by atoms with E-state index < -0.39 is 0 Å². The quantitative estimate of drug-likeness (QED) is 0.618. The number of hydrogen-bond acceptors (Lipinski definition) is 6. The van der Waals surface area contributed by atoms with E-state index >= 15 is 0 Å². The van der Waals surface area contributed by atoms with Crippen LogP contribution in [0.2, 0.25) is 0 Å². The summed E-state index contributed by atoms with van der Waals surface area (Å²) >= 11 is 0. The van der Waals surface area contributed by atoms with Crippen molar-refractivity contribution in [2.24, 2.45) is 0 Å². The SMILES string of the molecule is Cc1cc(C)n(-c2ccc(-c3noc(-c4cc(C#N)c[nH]4)n3)cn2)n1. The molecule has 4 rings (SSSR count). The van der Waals surface area contributed by atoms with Crippen molar-refractivity contribution in [3.63, 3.8) is 0 Å². The lowest BCUT2D eigenvalue weighted by atomic mass is 10.2. The Morgan fingerprint density at radius 3 is 2.76 bits per heavy atom. The van der Waals surface area contributed by atoms with Crippen LogP contribution in [-0.4, -0.2) is 29.9 Å². The van der Waals surface area contributed by atoms with Crippen LogP contribution in [0.1, 0.15) is 17.0 Å². The number of nitrogens with zero attached hydrogens (tertiary/aromatic N) is 6. The standard InChI is InChI=1S/C17H13N7O/c1-10-5-11(2)24(22-10)15-4-3-13(9-20-15)16-21-17(25-23-16)14-6-12(7-18)8-19-14/h3-6,8-9,19H,1-2H3. The van der Waals surface area contributed by atoms with Gasteiger partial charge in [0.05, 0.1) is 11.3 Å². The highest BCUT2D eigenvalue weighted by molar-refractivity contribution is 5.58. The molecule has 0 aliphatic heterocycles. The fourth-order valence-corrected chi connectivity index (χ4v) is 2.54. The highest BCUT2D eigenvalue weighted by Crippen LogP contribution is 2.22. The second-order valence-electron chi connectivity index (χ2n) is 5.58. The molecule has 0 aromatic carbocycles. The zero-order valence-electron chi connectivity index (χ0n) is 13.6. The van der Waals surface area contributed by atoms with Gasteiger partial charge in [-0.15, -0.1) is 0 Å². The van der Waals surface area contributed by atoms with Crippen LogP contribution in [-0.2, 0) is 0 Å². The third kappa shape index (κ3) is 2.68. The van der Waals surface area contributed by atoms with Gasteiger partial charge in [-0.2, -0.15) is 15.3 Å². The minimum absolute atomic E-state index is 0.319.